The van der Waals surface area contributed by atoms with Crippen LogP contribution in [0.5, 0.6) is 0 Å². The highest BCUT2D eigenvalue weighted by molar-refractivity contribution is 9.09. The molecule has 0 heterocycles. The molecule has 0 rings (SSSR count). The van der Waals surface area contributed by atoms with Crippen LogP contribution in [0.3, 0.4) is 0 Å². The second kappa shape index (κ2) is 10.3. The molecule has 4 nitrogen and oxygen atoms in total. The van der Waals surface area contributed by atoms with Crippen LogP contribution in [0.2, 0.25) is 39.3 Å². The molecule has 0 radical (unpaired) electrons. The highest BCUT2D eigenvalue weighted by atomic mass is 79.9. The van der Waals surface area contributed by atoms with Crippen molar-refractivity contribution >= 4 is 57.5 Å². The minimum absolute atomic E-state index is 0.734. The van der Waals surface area contributed by atoms with Gasteiger partial charge in [-0.2, -0.15) is 0 Å². The van der Waals surface area contributed by atoms with Gasteiger partial charge in [0, 0.05) is 23.9 Å². The summed E-state index contributed by atoms with van der Waals surface area (Å²) in [6, 6.07) is 0. The lowest BCUT2D eigenvalue weighted by atomic mass is 10.5. The predicted molar refractivity (Wildman–Crippen MR) is 103 cm³/mol. The first kappa shape index (κ1) is 22.5. The Morgan fingerprint density at radius 3 is 1.24 bits per heavy atom. The van der Waals surface area contributed by atoms with Gasteiger partial charge in [0.05, 0.1) is 0 Å². The molecule has 0 saturated carbocycles. The Hall–Kier alpha value is 1.45. The molecule has 128 valence electrons. The van der Waals surface area contributed by atoms with Gasteiger partial charge in [0.25, 0.3) is 0 Å². The van der Waals surface area contributed by atoms with Crippen LogP contribution in [0, 0.1) is 0 Å². The first-order valence-electron chi connectivity index (χ1n) is 7.34. The smallest absolute Gasteiger partial charge is 0.322 e. The van der Waals surface area contributed by atoms with Gasteiger partial charge in [0.1, 0.15) is 0 Å². The Kier molecular flexibility index (Phi) is 11.1. The summed E-state index contributed by atoms with van der Waals surface area (Å²) < 4.78 is 24.4. The van der Waals surface area contributed by atoms with Crippen molar-refractivity contribution in [3.8, 4) is 0 Å². The largest absolute Gasteiger partial charge is 0.415 e. The zero-order valence-corrected chi connectivity index (χ0v) is 20.3. The molecule has 0 atom stereocenters. The molecular weight excluding hydrogens is 452 g/mol. The fourth-order valence-corrected chi connectivity index (χ4v) is 14.2. The van der Waals surface area contributed by atoms with Crippen LogP contribution in [-0.4, -0.2) is 49.6 Å². The molecule has 0 amide bonds. The summed E-state index contributed by atoms with van der Waals surface area (Å²) in [4.78, 5) is 0. The van der Waals surface area contributed by atoms with Crippen molar-refractivity contribution in [1.82, 2.24) is 0 Å². The van der Waals surface area contributed by atoms with Gasteiger partial charge in [-0.3, -0.25) is 0 Å². The molecule has 0 spiro atoms. The van der Waals surface area contributed by atoms with Crippen LogP contribution in [0.25, 0.3) is 0 Å². The fraction of sp³-hybridized carbons (Fsp3) is 1.00. The van der Waals surface area contributed by atoms with Crippen LogP contribution in [0.15, 0.2) is 0 Å². The van der Waals surface area contributed by atoms with Gasteiger partial charge in [-0.15, -0.1) is 0 Å². The second-order valence-electron chi connectivity index (χ2n) is 6.19. The third-order valence-electron chi connectivity index (χ3n) is 2.44. The number of halogens is 2. The SMILES string of the molecule is C[Si](C)(OCCCBr)O[Si](C)(C)O[Si](C)(C)OCCCBr. The molecule has 0 N–H and O–H groups in total. The minimum atomic E-state index is -2.24. The van der Waals surface area contributed by atoms with Gasteiger partial charge in [-0.1, -0.05) is 31.9 Å². The Morgan fingerprint density at radius 2 is 0.952 bits per heavy atom. The Bertz CT molecular complexity index is 266. The lowest BCUT2D eigenvalue weighted by Gasteiger charge is -2.37. The summed E-state index contributed by atoms with van der Waals surface area (Å²) >= 11 is 6.83. The van der Waals surface area contributed by atoms with E-state index < -0.39 is 25.7 Å². The van der Waals surface area contributed by atoms with E-state index in [0.29, 0.717) is 0 Å². The number of alkyl halides is 2. The highest BCUT2D eigenvalue weighted by Gasteiger charge is 2.41. The third kappa shape index (κ3) is 12.5. The van der Waals surface area contributed by atoms with E-state index in [-0.39, 0.29) is 0 Å². The molecule has 0 saturated heterocycles. The standard InChI is InChI=1S/C12H30Br2O4Si3/c1-19(2,15-11-7-9-13)17-21(5,6)18-20(3,4)16-12-8-10-14/h7-12H2,1-6H3. The molecular formula is C12H30Br2O4Si3. The number of rotatable bonds is 12. The first-order valence-corrected chi connectivity index (χ1v) is 18.0. The van der Waals surface area contributed by atoms with Gasteiger partial charge in [0.15, 0.2) is 0 Å². The summed E-state index contributed by atoms with van der Waals surface area (Å²) in [6.45, 7) is 14.0. The van der Waals surface area contributed by atoms with E-state index in [0.717, 1.165) is 36.7 Å². The maximum atomic E-state index is 6.28. The van der Waals surface area contributed by atoms with E-state index in [1.807, 2.05) is 0 Å². The molecule has 0 fully saturated rings. The first-order chi connectivity index (χ1) is 9.54. The normalized spacial score (nSPS) is 13.7. The lowest BCUT2D eigenvalue weighted by Crippen LogP contribution is -2.54. The molecule has 9 heteroatoms. The van der Waals surface area contributed by atoms with E-state index in [2.05, 4.69) is 71.1 Å². The summed E-state index contributed by atoms with van der Waals surface area (Å²) in [7, 11) is -6.52. The molecule has 0 aromatic carbocycles. The molecule has 0 aliphatic carbocycles. The van der Waals surface area contributed by atoms with Gasteiger partial charge < -0.3 is 17.1 Å². The second-order valence-corrected chi connectivity index (χ2v) is 18.4. The van der Waals surface area contributed by atoms with E-state index in [9.17, 15) is 0 Å². The number of hydrogen-bond acceptors (Lipinski definition) is 4. The zero-order valence-electron chi connectivity index (χ0n) is 14.1. The average molecular weight is 482 g/mol. The van der Waals surface area contributed by atoms with Crippen molar-refractivity contribution in [2.45, 2.75) is 52.1 Å². The summed E-state index contributed by atoms with van der Waals surface area (Å²) in [5.74, 6) is 0. The van der Waals surface area contributed by atoms with Gasteiger partial charge in [-0.25, -0.2) is 0 Å². The average Bonchev–Trinajstić information content (AvgIpc) is 2.25. The van der Waals surface area contributed by atoms with Gasteiger partial charge in [-0.05, 0) is 52.1 Å². The lowest BCUT2D eigenvalue weighted by molar-refractivity contribution is 0.205. The highest BCUT2D eigenvalue weighted by Crippen LogP contribution is 2.22. The van der Waals surface area contributed by atoms with Crippen LogP contribution < -0.4 is 0 Å². The quantitative estimate of drug-likeness (QED) is 0.229. The summed E-state index contributed by atoms with van der Waals surface area (Å²) in [6.07, 6.45) is 2.00. The molecule has 0 aromatic heterocycles. The van der Waals surface area contributed by atoms with E-state index in [1.54, 1.807) is 0 Å². The molecule has 0 aromatic rings. The maximum absolute atomic E-state index is 6.28. The van der Waals surface area contributed by atoms with Gasteiger partial charge in [0.2, 0.25) is 0 Å². The van der Waals surface area contributed by atoms with Crippen molar-refractivity contribution in [3.05, 3.63) is 0 Å². The maximum Gasteiger partial charge on any atom is 0.322 e. The predicted octanol–water partition coefficient (Wildman–Crippen LogP) is 4.73. The summed E-state index contributed by atoms with van der Waals surface area (Å²) in [5, 5.41) is 1.91. The number of hydrogen-bond donors (Lipinski definition) is 0. The Balaban J connectivity index is 4.38. The van der Waals surface area contributed by atoms with Crippen LogP contribution in [0.4, 0.5) is 0 Å². The van der Waals surface area contributed by atoms with Crippen molar-refractivity contribution in [2.24, 2.45) is 0 Å². The monoisotopic (exact) mass is 480 g/mol. The van der Waals surface area contributed by atoms with Crippen molar-refractivity contribution < 1.29 is 17.1 Å². The minimum Gasteiger partial charge on any atom is -0.415 e. The Labute approximate surface area is 150 Å². The van der Waals surface area contributed by atoms with Crippen LogP contribution >= 0.6 is 31.9 Å². The van der Waals surface area contributed by atoms with Crippen molar-refractivity contribution in [2.75, 3.05) is 23.9 Å². The summed E-state index contributed by atoms with van der Waals surface area (Å²) in [5.41, 5.74) is 0. The zero-order chi connectivity index (χ0) is 16.6. The molecule has 0 aliphatic rings. The molecule has 0 aliphatic heterocycles. The molecule has 0 bridgehead atoms. The van der Waals surface area contributed by atoms with Crippen LogP contribution in [-0.2, 0) is 17.1 Å². The van der Waals surface area contributed by atoms with E-state index in [1.165, 1.54) is 0 Å². The Morgan fingerprint density at radius 1 is 0.619 bits per heavy atom. The topological polar surface area (TPSA) is 36.9 Å². The third-order valence-corrected chi connectivity index (χ3v) is 13.2. The molecule has 21 heavy (non-hydrogen) atoms. The van der Waals surface area contributed by atoms with Gasteiger partial charge >= 0.3 is 25.7 Å². The molecule has 0 unspecified atom stereocenters. The van der Waals surface area contributed by atoms with E-state index >= 15 is 0 Å². The van der Waals surface area contributed by atoms with E-state index in [4.69, 9.17) is 17.1 Å². The van der Waals surface area contributed by atoms with Crippen LogP contribution in [0.1, 0.15) is 12.8 Å². The fourth-order valence-electron chi connectivity index (χ4n) is 2.01. The van der Waals surface area contributed by atoms with Crippen molar-refractivity contribution in [3.63, 3.8) is 0 Å². The van der Waals surface area contributed by atoms with Crippen molar-refractivity contribution in [1.29, 1.82) is 0 Å².